The molecule has 6 nitrogen and oxygen atoms in total. The van der Waals surface area contributed by atoms with Gasteiger partial charge in [0.05, 0.1) is 12.0 Å². The molecule has 2 rings (SSSR count). The zero-order valence-electron chi connectivity index (χ0n) is 14.3. The van der Waals surface area contributed by atoms with Crippen LogP contribution in [0.4, 0.5) is 8.78 Å². The Balaban J connectivity index is 2.16. The van der Waals surface area contributed by atoms with Gasteiger partial charge in [-0.15, -0.1) is 0 Å². The number of alkyl halides is 2. The monoisotopic (exact) mass is 397 g/mol. The number of hydrogen-bond acceptors (Lipinski definition) is 5. The Bertz CT molecular complexity index is 899. The highest BCUT2D eigenvalue weighted by Crippen LogP contribution is 2.18. The quantitative estimate of drug-likeness (QED) is 0.724. The van der Waals surface area contributed by atoms with Crippen molar-refractivity contribution in [1.82, 2.24) is 5.32 Å². The van der Waals surface area contributed by atoms with E-state index in [1.165, 1.54) is 7.11 Å². The van der Waals surface area contributed by atoms with Crippen molar-refractivity contribution in [3.8, 4) is 0 Å². The van der Waals surface area contributed by atoms with Crippen LogP contribution in [0.3, 0.4) is 0 Å². The minimum Gasteiger partial charge on any atom is -0.467 e. The third-order valence-electron chi connectivity index (χ3n) is 3.75. The number of methoxy groups -OCH3 is 1. The molecule has 0 heterocycles. The smallest absolute Gasteiger partial charge is 0.341 e. The SMILES string of the molecule is COC(=O)[C@@H](Cc1ccccc1)NC(=O)c1ccc(S(=O)(=O)C(F)F)cc1. The Kier molecular flexibility index (Phi) is 6.62. The number of halogens is 2. The fourth-order valence-corrected chi connectivity index (χ4v) is 3.05. The normalized spacial score (nSPS) is 12.4. The van der Waals surface area contributed by atoms with Crippen molar-refractivity contribution in [2.24, 2.45) is 0 Å². The van der Waals surface area contributed by atoms with Crippen molar-refractivity contribution in [1.29, 1.82) is 0 Å². The summed E-state index contributed by atoms with van der Waals surface area (Å²) in [6.45, 7) is 0. The number of rotatable bonds is 7. The first-order valence-electron chi connectivity index (χ1n) is 7.80. The highest BCUT2D eigenvalue weighted by Gasteiger charge is 2.27. The molecule has 144 valence electrons. The first-order valence-corrected chi connectivity index (χ1v) is 9.35. The Morgan fingerprint density at radius 2 is 1.63 bits per heavy atom. The summed E-state index contributed by atoms with van der Waals surface area (Å²) < 4.78 is 52.6. The minimum absolute atomic E-state index is 0.0187. The summed E-state index contributed by atoms with van der Waals surface area (Å²) in [6.07, 6.45) is 0.192. The van der Waals surface area contributed by atoms with Crippen molar-refractivity contribution in [3.63, 3.8) is 0 Å². The molecule has 0 aliphatic carbocycles. The van der Waals surface area contributed by atoms with Crippen LogP contribution in [0.1, 0.15) is 15.9 Å². The highest BCUT2D eigenvalue weighted by atomic mass is 32.2. The Hall–Kier alpha value is -2.81. The van der Waals surface area contributed by atoms with Gasteiger partial charge in [-0.05, 0) is 29.8 Å². The molecule has 2 aromatic carbocycles. The van der Waals surface area contributed by atoms with Gasteiger partial charge in [0, 0.05) is 12.0 Å². The lowest BCUT2D eigenvalue weighted by Crippen LogP contribution is -2.43. The predicted octanol–water partition coefficient (Wildman–Crippen LogP) is 2.20. The third-order valence-corrected chi connectivity index (χ3v) is 5.15. The van der Waals surface area contributed by atoms with E-state index in [2.05, 4.69) is 5.32 Å². The average molecular weight is 397 g/mol. The summed E-state index contributed by atoms with van der Waals surface area (Å²) in [5.74, 6) is -4.86. The van der Waals surface area contributed by atoms with Crippen LogP contribution in [0.15, 0.2) is 59.5 Å². The largest absolute Gasteiger partial charge is 0.467 e. The lowest BCUT2D eigenvalue weighted by molar-refractivity contribution is -0.142. The van der Waals surface area contributed by atoms with Gasteiger partial charge in [-0.25, -0.2) is 13.2 Å². The van der Waals surface area contributed by atoms with Crippen LogP contribution in [0.2, 0.25) is 0 Å². The number of carbonyl (C=O) groups is 2. The second kappa shape index (κ2) is 8.72. The van der Waals surface area contributed by atoms with Gasteiger partial charge in [-0.2, -0.15) is 8.78 Å². The molecule has 0 saturated carbocycles. The van der Waals surface area contributed by atoms with Crippen molar-refractivity contribution in [3.05, 3.63) is 65.7 Å². The lowest BCUT2D eigenvalue weighted by atomic mass is 10.1. The molecule has 0 bridgehead atoms. The van der Waals surface area contributed by atoms with E-state index in [0.29, 0.717) is 0 Å². The van der Waals surface area contributed by atoms with E-state index < -0.39 is 38.4 Å². The maximum Gasteiger partial charge on any atom is 0.341 e. The van der Waals surface area contributed by atoms with Crippen LogP contribution in [-0.4, -0.2) is 39.2 Å². The molecule has 0 unspecified atom stereocenters. The van der Waals surface area contributed by atoms with Crippen molar-refractivity contribution in [2.75, 3.05) is 7.11 Å². The molecule has 2 aromatic rings. The Morgan fingerprint density at radius 1 is 1.04 bits per heavy atom. The molecule has 27 heavy (non-hydrogen) atoms. The maximum absolute atomic E-state index is 12.5. The number of sulfone groups is 1. The molecule has 1 atom stereocenters. The standard InChI is InChI=1S/C18H17F2NO5S/c1-26-17(23)15(11-12-5-3-2-4-6-12)21-16(22)13-7-9-14(10-8-13)27(24,25)18(19)20/h2-10,15,18H,11H2,1H3,(H,21,22)/t15-/m1/s1. The summed E-state index contributed by atoms with van der Waals surface area (Å²) in [7, 11) is -3.55. The van der Waals surface area contributed by atoms with Gasteiger partial charge in [0.2, 0.25) is 9.84 Å². The van der Waals surface area contributed by atoms with Crippen molar-refractivity contribution >= 4 is 21.7 Å². The molecule has 1 amide bonds. The van der Waals surface area contributed by atoms with Crippen molar-refractivity contribution in [2.45, 2.75) is 23.1 Å². The molecular formula is C18H17F2NO5S. The molecule has 0 aliphatic rings. The number of esters is 1. The van der Waals surface area contributed by atoms with Gasteiger partial charge in [0.1, 0.15) is 6.04 Å². The van der Waals surface area contributed by atoms with Crippen LogP contribution < -0.4 is 5.32 Å². The molecule has 9 heteroatoms. The summed E-state index contributed by atoms with van der Waals surface area (Å²) in [4.78, 5) is 23.7. The summed E-state index contributed by atoms with van der Waals surface area (Å²) >= 11 is 0. The molecule has 0 aliphatic heterocycles. The predicted molar refractivity (Wildman–Crippen MR) is 93.0 cm³/mol. The molecular weight excluding hydrogens is 380 g/mol. The third kappa shape index (κ3) is 5.10. The van der Waals surface area contributed by atoms with Crippen LogP contribution in [0.25, 0.3) is 0 Å². The van der Waals surface area contributed by atoms with E-state index in [0.717, 1.165) is 29.8 Å². The summed E-state index contributed by atoms with van der Waals surface area (Å²) in [6, 6.07) is 12.0. The lowest BCUT2D eigenvalue weighted by Gasteiger charge is -2.17. The van der Waals surface area contributed by atoms with Gasteiger partial charge in [0.25, 0.3) is 5.91 Å². The van der Waals surface area contributed by atoms with E-state index in [4.69, 9.17) is 4.74 Å². The summed E-state index contributed by atoms with van der Waals surface area (Å²) in [5.41, 5.74) is 0.816. The molecule has 0 spiro atoms. The summed E-state index contributed by atoms with van der Waals surface area (Å²) in [5, 5.41) is 2.50. The number of benzene rings is 2. The van der Waals surface area contributed by atoms with Crippen molar-refractivity contribution < 1.29 is 31.5 Å². The topological polar surface area (TPSA) is 89.5 Å². The van der Waals surface area contributed by atoms with E-state index in [-0.39, 0.29) is 12.0 Å². The van der Waals surface area contributed by atoms with E-state index in [1.54, 1.807) is 24.3 Å². The first-order chi connectivity index (χ1) is 12.8. The second-order valence-corrected chi connectivity index (χ2v) is 7.49. The Labute approximate surface area is 155 Å². The van der Waals surface area contributed by atoms with Crippen LogP contribution in [-0.2, 0) is 25.8 Å². The molecule has 0 radical (unpaired) electrons. The van der Waals surface area contributed by atoms with E-state index in [9.17, 15) is 26.8 Å². The van der Waals surface area contributed by atoms with E-state index >= 15 is 0 Å². The minimum atomic E-state index is -4.74. The number of hydrogen-bond donors (Lipinski definition) is 1. The fourth-order valence-electron chi connectivity index (χ4n) is 2.33. The van der Waals surface area contributed by atoms with Gasteiger partial charge in [-0.1, -0.05) is 30.3 Å². The van der Waals surface area contributed by atoms with Gasteiger partial charge < -0.3 is 10.1 Å². The first kappa shape index (κ1) is 20.5. The fraction of sp³-hybridized carbons (Fsp3) is 0.222. The molecule has 1 N–H and O–H groups in total. The molecule has 0 saturated heterocycles. The number of amides is 1. The van der Waals surface area contributed by atoms with Crippen LogP contribution in [0, 0.1) is 0 Å². The average Bonchev–Trinajstić information content (AvgIpc) is 2.67. The zero-order valence-corrected chi connectivity index (χ0v) is 15.1. The van der Waals surface area contributed by atoms with Gasteiger partial charge in [0.15, 0.2) is 0 Å². The van der Waals surface area contributed by atoms with Crippen LogP contribution in [0.5, 0.6) is 0 Å². The molecule has 0 fully saturated rings. The number of ether oxygens (including phenoxy) is 1. The zero-order chi connectivity index (χ0) is 20.0. The van der Waals surface area contributed by atoms with Gasteiger partial charge in [-0.3, -0.25) is 4.79 Å². The molecule has 0 aromatic heterocycles. The van der Waals surface area contributed by atoms with E-state index in [1.807, 2.05) is 6.07 Å². The van der Waals surface area contributed by atoms with Crippen LogP contribution >= 0.6 is 0 Å². The highest BCUT2D eigenvalue weighted by molar-refractivity contribution is 7.91. The number of nitrogens with one attached hydrogen (secondary N) is 1. The maximum atomic E-state index is 12.5. The number of carbonyl (C=O) groups excluding carboxylic acids is 2. The Morgan fingerprint density at radius 3 is 2.15 bits per heavy atom. The van der Waals surface area contributed by atoms with Gasteiger partial charge >= 0.3 is 11.7 Å². The second-order valence-electron chi connectivity index (χ2n) is 5.57.